The van der Waals surface area contributed by atoms with Gasteiger partial charge < -0.3 is 5.73 Å². The monoisotopic (exact) mass is 339 g/mol. The maximum absolute atomic E-state index is 6.34. The van der Waals surface area contributed by atoms with Crippen molar-refractivity contribution in [1.82, 2.24) is 9.55 Å². The molecule has 3 rings (SSSR count). The number of aromatic nitrogens is 2. The standard InChI is InChI=1S/C15H12Cl3N3/c1-2-15-20-12-5-8(19)3-4-13(12)21(15)14-7-10(17)9(16)6-11(14)18/h3-7H,2,19H2,1H3. The molecule has 0 unspecified atom stereocenters. The quantitative estimate of drug-likeness (QED) is 0.519. The minimum atomic E-state index is 0.428. The van der Waals surface area contributed by atoms with Crippen molar-refractivity contribution in [3.8, 4) is 5.69 Å². The molecule has 1 aromatic heterocycles. The van der Waals surface area contributed by atoms with Gasteiger partial charge in [-0.25, -0.2) is 4.98 Å². The van der Waals surface area contributed by atoms with E-state index in [1.807, 2.05) is 29.7 Å². The van der Waals surface area contributed by atoms with Gasteiger partial charge in [0.05, 0.1) is 31.8 Å². The van der Waals surface area contributed by atoms with Crippen molar-refractivity contribution >= 4 is 51.5 Å². The molecule has 2 N–H and O–H groups in total. The van der Waals surface area contributed by atoms with Gasteiger partial charge in [-0.3, -0.25) is 4.57 Å². The van der Waals surface area contributed by atoms with E-state index in [2.05, 4.69) is 4.98 Å². The molecule has 1 heterocycles. The van der Waals surface area contributed by atoms with Crippen molar-refractivity contribution in [2.75, 3.05) is 5.73 Å². The van der Waals surface area contributed by atoms with E-state index in [0.717, 1.165) is 29.0 Å². The fourth-order valence-corrected chi connectivity index (χ4v) is 2.96. The summed E-state index contributed by atoms with van der Waals surface area (Å²) in [5.74, 6) is 0.885. The van der Waals surface area contributed by atoms with Crippen LogP contribution in [0.1, 0.15) is 12.7 Å². The summed E-state index contributed by atoms with van der Waals surface area (Å²) >= 11 is 18.5. The third-order valence-corrected chi connectivity index (χ3v) is 4.32. The zero-order valence-corrected chi connectivity index (χ0v) is 13.5. The molecule has 0 aliphatic heterocycles. The van der Waals surface area contributed by atoms with Gasteiger partial charge in [-0.05, 0) is 30.3 Å². The Balaban J connectivity index is 2.36. The number of hydrogen-bond acceptors (Lipinski definition) is 2. The number of rotatable bonds is 2. The summed E-state index contributed by atoms with van der Waals surface area (Å²) in [4.78, 5) is 4.61. The van der Waals surface area contributed by atoms with Gasteiger partial charge in [-0.2, -0.15) is 0 Å². The molecule has 0 spiro atoms. The van der Waals surface area contributed by atoms with Gasteiger partial charge in [-0.15, -0.1) is 0 Å². The number of anilines is 1. The van der Waals surface area contributed by atoms with Gasteiger partial charge in [0.15, 0.2) is 0 Å². The van der Waals surface area contributed by atoms with Crippen LogP contribution >= 0.6 is 34.8 Å². The summed E-state index contributed by atoms with van der Waals surface area (Å²) in [5, 5.41) is 1.41. The maximum Gasteiger partial charge on any atom is 0.114 e. The number of aryl methyl sites for hydroxylation is 1. The van der Waals surface area contributed by atoms with E-state index in [1.54, 1.807) is 12.1 Å². The van der Waals surface area contributed by atoms with Gasteiger partial charge in [0, 0.05) is 12.1 Å². The van der Waals surface area contributed by atoms with Crippen LogP contribution in [-0.2, 0) is 6.42 Å². The summed E-state index contributed by atoms with van der Waals surface area (Å²) in [5.41, 5.74) is 9.02. The van der Waals surface area contributed by atoms with Crippen LogP contribution in [0.25, 0.3) is 16.7 Å². The molecular weight excluding hydrogens is 329 g/mol. The van der Waals surface area contributed by atoms with Crippen molar-refractivity contribution in [3.05, 3.63) is 51.2 Å². The van der Waals surface area contributed by atoms with E-state index in [-0.39, 0.29) is 0 Å². The number of nitrogens with two attached hydrogens (primary N) is 1. The van der Waals surface area contributed by atoms with E-state index >= 15 is 0 Å². The van der Waals surface area contributed by atoms with E-state index < -0.39 is 0 Å². The summed E-state index contributed by atoms with van der Waals surface area (Å²) in [6.45, 7) is 2.03. The molecule has 0 bridgehead atoms. The third kappa shape index (κ3) is 2.46. The van der Waals surface area contributed by atoms with Crippen LogP contribution in [0.15, 0.2) is 30.3 Å². The number of nitrogen functional groups attached to an aromatic ring is 1. The van der Waals surface area contributed by atoms with Crippen molar-refractivity contribution in [3.63, 3.8) is 0 Å². The van der Waals surface area contributed by atoms with Gasteiger partial charge in [-0.1, -0.05) is 41.7 Å². The van der Waals surface area contributed by atoms with Crippen LogP contribution in [0, 0.1) is 0 Å². The fraction of sp³-hybridized carbons (Fsp3) is 0.133. The van der Waals surface area contributed by atoms with Gasteiger partial charge in [0.1, 0.15) is 5.82 Å². The summed E-state index contributed by atoms with van der Waals surface area (Å²) in [6, 6.07) is 9.00. The molecule has 0 amide bonds. The van der Waals surface area contributed by atoms with Crippen LogP contribution in [0.3, 0.4) is 0 Å². The Morgan fingerprint density at radius 1 is 1.05 bits per heavy atom. The minimum absolute atomic E-state index is 0.428. The largest absolute Gasteiger partial charge is 0.399 e. The first-order chi connectivity index (χ1) is 10.0. The normalized spacial score (nSPS) is 11.2. The predicted octanol–water partition coefficient (Wildman–Crippen LogP) is 5.13. The molecule has 0 saturated carbocycles. The number of hydrogen-bond donors (Lipinski definition) is 1. The Morgan fingerprint density at radius 3 is 2.48 bits per heavy atom. The second-order valence-corrected chi connectivity index (χ2v) is 5.90. The average molecular weight is 341 g/mol. The SMILES string of the molecule is CCc1nc2cc(N)ccc2n1-c1cc(Cl)c(Cl)cc1Cl. The van der Waals surface area contributed by atoms with Gasteiger partial charge in [0.25, 0.3) is 0 Å². The second-order valence-electron chi connectivity index (χ2n) is 4.68. The molecule has 0 radical (unpaired) electrons. The zero-order valence-electron chi connectivity index (χ0n) is 11.2. The third-order valence-electron chi connectivity index (χ3n) is 3.29. The molecule has 3 aromatic rings. The molecule has 0 atom stereocenters. The lowest BCUT2D eigenvalue weighted by Crippen LogP contribution is -2.01. The Bertz CT molecular complexity index is 840. The zero-order chi connectivity index (χ0) is 15.1. The highest BCUT2D eigenvalue weighted by atomic mass is 35.5. The topological polar surface area (TPSA) is 43.8 Å². The van der Waals surface area contributed by atoms with Crippen LogP contribution in [0.4, 0.5) is 5.69 Å². The highest BCUT2D eigenvalue weighted by Gasteiger charge is 2.15. The summed E-state index contributed by atoms with van der Waals surface area (Å²) < 4.78 is 1.99. The number of nitrogens with zero attached hydrogens (tertiary/aromatic N) is 2. The van der Waals surface area contributed by atoms with Crippen molar-refractivity contribution in [1.29, 1.82) is 0 Å². The number of benzene rings is 2. The Labute approximate surface area is 137 Å². The predicted molar refractivity (Wildman–Crippen MR) is 89.9 cm³/mol. The minimum Gasteiger partial charge on any atom is -0.399 e. The van der Waals surface area contributed by atoms with Crippen molar-refractivity contribution in [2.24, 2.45) is 0 Å². The Hall–Kier alpha value is -1.42. The van der Waals surface area contributed by atoms with E-state index in [4.69, 9.17) is 40.5 Å². The van der Waals surface area contributed by atoms with E-state index in [0.29, 0.717) is 20.8 Å². The van der Waals surface area contributed by atoms with Crippen LogP contribution in [0.5, 0.6) is 0 Å². The van der Waals surface area contributed by atoms with Gasteiger partial charge in [0.2, 0.25) is 0 Å². The number of imidazole rings is 1. The summed E-state index contributed by atoms with van der Waals surface area (Å²) in [6.07, 6.45) is 0.755. The first kappa shape index (κ1) is 14.5. The average Bonchev–Trinajstić information content (AvgIpc) is 2.80. The molecule has 3 nitrogen and oxygen atoms in total. The first-order valence-electron chi connectivity index (χ1n) is 6.43. The lowest BCUT2D eigenvalue weighted by atomic mass is 10.2. The molecular formula is C15H12Cl3N3. The smallest absolute Gasteiger partial charge is 0.114 e. The second kappa shape index (κ2) is 5.41. The Kier molecular flexibility index (Phi) is 3.74. The molecule has 0 saturated heterocycles. The van der Waals surface area contributed by atoms with Crippen molar-refractivity contribution < 1.29 is 0 Å². The molecule has 0 aliphatic carbocycles. The van der Waals surface area contributed by atoms with E-state index in [1.165, 1.54) is 0 Å². The maximum atomic E-state index is 6.34. The summed E-state index contributed by atoms with van der Waals surface area (Å²) in [7, 11) is 0. The highest BCUT2D eigenvalue weighted by molar-refractivity contribution is 6.43. The molecule has 108 valence electrons. The fourth-order valence-electron chi connectivity index (χ4n) is 2.34. The lowest BCUT2D eigenvalue weighted by molar-refractivity contribution is 0.908. The first-order valence-corrected chi connectivity index (χ1v) is 7.56. The lowest BCUT2D eigenvalue weighted by Gasteiger charge is -2.11. The number of halogens is 3. The Morgan fingerprint density at radius 2 is 1.76 bits per heavy atom. The molecule has 2 aromatic carbocycles. The van der Waals surface area contributed by atoms with E-state index in [9.17, 15) is 0 Å². The van der Waals surface area contributed by atoms with Crippen LogP contribution in [-0.4, -0.2) is 9.55 Å². The van der Waals surface area contributed by atoms with Crippen LogP contribution in [0.2, 0.25) is 15.1 Å². The molecule has 0 aliphatic rings. The highest BCUT2D eigenvalue weighted by Crippen LogP contribution is 2.34. The molecule has 21 heavy (non-hydrogen) atoms. The molecule has 0 fully saturated rings. The van der Waals surface area contributed by atoms with Gasteiger partial charge >= 0.3 is 0 Å². The molecule has 6 heteroatoms. The number of fused-ring (bicyclic) bond motifs is 1. The van der Waals surface area contributed by atoms with Crippen LogP contribution < -0.4 is 5.73 Å². The van der Waals surface area contributed by atoms with Crippen molar-refractivity contribution in [2.45, 2.75) is 13.3 Å².